The predicted octanol–water partition coefficient (Wildman–Crippen LogP) is 2.93. The lowest BCUT2D eigenvalue weighted by Crippen LogP contribution is -2.44. The largest absolute Gasteiger partial charge is 0.268 e. The van der Waals surface area contributed by atoms with E-state index in [0.717, 1.165) is 9.80 Å². The molecule has 0 saturated carbocycles. The number of hydrogen-bond acceptors (Lipinski definition) is 7. The molecule has 4 heterocycles. The first-order valence-corrected chi connectivity index (χ1v) is 10.0. The van der Waals surface area contributed by atoms with E-state index in [1.54, 1.807) is 25.1 Å². The van der Waals surface area contributed by atoms with E-state index in [-0.39, 0.29) is 33.9 Å². The Balaban J connectivity index is 1.57. The normalized spacial score (nSPS) is 14.9. The van der Waals surface area contributed by atoms with Gasteiger partial charge in [-0.3, -0.25) is 24.2 Å². The quantitative estimate of drug-likeness (QED) is 0.445. The summed E-state index contributed by atoms with van der Waals surface area (Å²) in [5, 5.41) is 0.585. The maximum atomic E-state index is 13.3. The van der Waals surface area contributed by atoms with Crippen LogP contribution in [-0.4, -0.2) is 38.6 Å². The van der Waals surface area contributed by atoms with Crippen molar-refractivity contribution in [3.05, 3.63) is 89.0 Å². The molecule has 2 aliphatic heterocycles. The molecule has 4 aromatic rings. The Bertz CT molecular complexity index is 1480. The Labute approximate surface area is 186 Å². The number of carbonyl (C=O) groups is 4. The van der Waals surface area contributed by atoms with Crippen molar-refractivity contribution in [3.63, 3.8) is 0 Å². The van der Waals surface area contributed by atoms with Gasteiger partial charge in [-0.05, 0) is 43.3 Å². The van der Waals surface area contributed by atoms with Gasteiger partial charge in [0.1, 0.15) is 5.82 Å². The second-order valence-corrected chi connectivity index (χ2v) is 7.67. The number of anilines is 2. The lowest BCUT2D eigenvalue weighted by molar-refractivity contribution is 0.0871. The van der Waals surface area contributed by atoms with Crippen molar-refractivity contribution in [2.45, 2.75) is 6.92 Å². The van der Waals surface area contributed by atoms with E-state index in [9.17, 15) is 19.2 Å². The van der Waals surface area contributed by atoms with Gasteiger partial charge in [0.2, 0.25) is 0 Å². The number of hydrogen-bond donors (Lipinski definition) is 0. The Kier molecular flexibility index (Phi) is 3.79. The number of pyridine rings is 1. The molecule has 158 valence electrons. The average Bonchev–Trinajstić information content (AvgIpc) is 2.83. The van der Waals surface area contributed by atoms with Gasteiger partial charge in [-0.15, -0.1) is 0 Å². The van der Waals surface area contributed by atoms with Crippen LogP contribution >= 0.6 is 0 Å². The van der Waals surface area contributed by atoms with Crippen LogP contribution in [0.4, 0.5) is 11.6 Å². The molecule has 33 heavy (non-hydrogen) atoms. The third-order valence-electron chi connectivity index (χ3n) is 5.77. The number of amides is 4. The summed E-state index contributed by atoms with van der Waals surface area (Å²) in [6.07, 6.45) is 4.32. The highest BCUT2D eigenvalue weighted by molar-refractivity contribution is 6.41. The molecular weight excluding hydrogens is 422 g/mol. The smallest absolute Gasteiger partial charge is 0.267 e. The SMILES string of the molecule is Cc1cnc(N2C(=O)c3ccc4c5c(ccc(c35)C2=O)C(=O)N(c2ccccn2)C4=O)cn1. The molecule has 0 fully saturated rings. The first kappa shape index (κ1) is 18.9. The highest BCUT2D eigenvalue weighted by atomic mass is 16.2. The molecule has 2 aromatic carbocycles. The maximum Gasteiger partial charge on any atom is 0.267 e. The van der Waals surface area contributed by atoms with Crippen molar-refractivity contribution < 1.29 is 19.2 Å². The van der Waals surface area contributed by atoms with Crippen LogP contribution < -0.4 is 9.80 Å². The summed E-state index contributed by atoms with van der Waals surface area (Å²) in [5.74, 6) is -2.03. The average molecular weight is 435 g/mol. The second kappa shape index (κ2) is 6.60. The van der Waals surface area contributed by atoms with Crippen molar-refractivity contribution in [3.8, 4) is 0 Å². The van der Waals surface area contributed by atoms with Crippen LogP contribution in [0, 0.1) is 6.92 Å². The van der Waals surface area contributed by atoms with Gasteiger partial charge in [-0.1, -0.05) is 6.07 Å². The third kappa shape index (κ3) is 2.50. The van der Waals surface area contributed by atoms with Gasteiger partial charge in [0.25, 0.3) is 23.6 Å². The Morgan fingerprint density at radius 1 is 0.576 bits per heavy atom. The van der Waals surface area contributed by atoms with Crippen LogP contribution in [0.2, 0.25) is 0 Å². The van der Waals surface area contributed by atoms with E-state index in [2.05, 4.69) is 15.0 Å². The zero-order valence-corrected chi connectivity index (χ0v) is 17.1. The lowest BCUT2D eigenvalue weighted by Gasteiger charge is -2.31. The van der Waals surface area contributed by atoms with Gasteiger partial charge in [0.05, 0.1) is 18.1 Å². The van der Waals surface area contributed by atoms with Gasteiger partial charge in [0, 0.05) is 39.2 Å². The Hall–Kier alpha value is -4.79. The minimum atomic E-state index is -0.596. The fourth-order valence-corrected chi connectivity index (χ4v) is 4.28. The van der Waals surface area contributed by atoms with Crippen molar-refractivity contribution in [2.24, 2.45) is 0 Å². The number of benzene rings is 2. The van der Waals surface area contributed by atoms with Gasteiger partial charge >= 0.3 is 0 Å². The molecule has 6 rings (SSSR count). The Morgan fingerprint density at radius 3 is 1.52 bits per heavy atom. The molecular formula is C24H13N5O4. The molecule has 2 aliphatic rings. The summed E-state index contributed by atoms with van der Waals surface area (Å²) in [7, 11) is 0. The van der Waals surface area contributed by atoms with Crippen LogP contribution in [0.15, 0.2) is 61.1 Å². The van der Waals surface area contributed by atoms with Crippen molar-refractivity contribution in [2.75, 3.05) is 9.80 Å². The standard InChI is InChI=1S/C24H13N5O4/c1-12-10-27-18(11-26-12)29-23(32)15-7-5-13-19-14(6-8-16(20(15)19)24(29)33)22(31)28(21(13)30)17-4-2-3-9-25-17/h2-11H,1H3. The molecule has 9 heteroatoms. The number of carbonyl (C=O) groups excluding carboxylic acids is 4. The first-order chi connectivity index (χ1) is 16.0. The molecule has 0 saturated heterocycles. The number of aryl methyl sites for hydroxylation is 1. The summed E-state index contributed by atoms with van der Waals surface area (Å²) in [6, 6.07) is 10.9. The summed E-state index contributed by atoms with van der Waals surface area (Å²) >= 11 is 0. The van der Waals surface area contributed by atoms with Gasteiger partial charge in [0.15, 0.2) is 5.82 Å². The minimum Gasteiger partial charge on any atom is -0.268 e. The van der Waals surface area contributed by atoms with Crippen LogP contribution in [0.3, 0.4) is 0 Å². The van der Waals surface area contributed by atoms with E-state index in [1.807, 2.05) is 0 Å². The van der Waals surface area contributed by atoms with E-state index in [4.69, 9.17) is 0 Å². The van der Waals surface area contributed by atoms with E-state index < -0.39 is 23.6 Å². The van der Waals surface area contributed by atoms with Crippen LogP contribution in [0.5, 0.6) is 0 Å². The molecule has 0 atom stereocenters. The molecule has 0 unspecified atom stereocenters. The fourth-order valence-electron chi connectivity index (χ4n) is 4.28. The van der Waals surface area contributed by atoms with Gasteiger partial charge < -0.3 is 0 Å². The predicted molar refractivity (Wildman–Crippen MR) is 117 cm³/mol. The second-order valence-electron chi connectivity index (χ2n) is 7.67. The number of nitrogens with zero attached hydrogens (tertiary/aromatic N) is 5. The van der Waals surface area contributed by atoms with Crippen molar-refractivity contribution in [1.29, 1.82) is 0 Å². The number of rotatable bonds is 2. The summed E-state index contributed by atoms with van der Waals surface area (Å²) < 4.78 is 0. The fraction of sp³-hybridized carbons (Fsp3) is 0.0417. The van der Waals surface area contributed by atoms with E-state index in [1.165, 1.54) is 42.9 Å². The van der Waals surface area contributed by atoms with E-state index in [0.29, 0.717) is 16.5 Å². The van der Waals surface area contributed by atoms with Gasteiger partial charge in [-0.25, -0.2) is 19.8 Å². The summed E-state index contributed by atoms with van der Waals surface area (Å²) in [5.41, 5.74) is 1.50. The highest BCUT2D eigenvalue weighted by Crippen LogP contribution is 2.39. The summed E-state index contributed by atoms with van der Waals surface area (Å²) in [6.45, 7) is 1.75. The maximum absolute atomic E-state index is 13.3. The molecule has 0 radical (unpaired) electrons. The molecule has 0 bridgehead atoms. The van der Waals surface area contributed by atoms with E-state index >= 15 is 0 Å². The monoisotopic (exact) mass is 435 g/mol. The highest BCUT2D eigenvalue weighted by Gasteiger charge is 2.41. The van der Waals surface area contributed by atoms with Crippen molar-refractivity contribution in [1.82, 2.24) is 15.0 Å². The molecule has 0 spiro atoms. The van der Waals surface area contributed by atoms with Gasteiger partial charge in [-0.2, -0.15) is 0 Å². The molecule has 0 aliphatic carbocycles. The topological polar surface area (TPSA) is 113 Å². The van der Waals surface area contributed by atoms with Crippen LogP contribution in [0.25, 0.3) is 10.8 Å². The molecule has 4 amide bonds. The minimum absolute atomic E-state index is 0.100. The number of aromatic nitrogens is 3. The zero-order chi connectivity index (χ0) is 22.9. The molecule has 9 nitrogen and oxygen atoms in total. The summed E-state index contributed by atoms with van der Waals surface area (Å²) in [4.78, 5) is 67.6. The van der Waals surface area contributed by atoms with Crippen LogP contribution in [-0.2, 0) is 0 Å². The number of imide groups is 2. The lowest BCUT2D eigenvalue weighted by atomic mass is 9.86. The Morgan fingerprint density at radius 2 is 1.09 bits per heavy atom. The van der Waals surface area contributed by atoms with Crippen molar-refractivity contribution >= 4 is 46.0 Å². The molecule has 2 aromatic heterocycles. The first-order valence-electron chi connectivity index (χ1n) is 10.0. The van der Waals surface area contributed by atoms with Crippen LogP contribution in [0.1, 0.15) is 47.1 Å². The zero-order valence-electron chi connectivity index (χ0n) is 17.1. The third-order valence-corrected chi connectivity index (χ3v) is 5.77. The molecule has 0 N–H and O–H groups in total.